The highest BCUT2D eigenvalue weighted by molar-refractivity contribution is 5.38. The molecular formula is C17H25N7. The van der Waals surface area contributed by atoms with Gasteiger partial charge in [-0.1, -0.05) is 0 Å². The average molecular weight is 327 g/mol. The van der Waals surface area contributed by atoms with Crippen LogP contribution in [-0.4, -0.2) is 51.0 Å². The highest BCUT2D eigenvalue weighted by Crippen LogP contribution is 2.21. The first-order valence-corrected chi connectivity index (χ1v) is 8.43. The lowest BCUT2D eigenvalue weighted by atomic mass is 10.1. The first-order valence-electron chi connectivity index (χ1n) is 8.43. The maximum absolute atomic E-state index is 5.74. The molecule has 128 valence electrons. The van der Waals surface area contributed by atoms with Gasteiger partial charge in [-0.3, -0.25) is 4.90 Å². The maximum atomic E-state index is 5.74. The van der Waals surface area contributed by atoms with Gasteiger partial charge in [0.2, 0.25) is 0 Å². The monoisotopic (exact) mass is 327 g/mol. The van der Waals surface area contributed by atoms with Crippen LogP contribution in [0.25, 0.3) is 0 Å². The molecule has 3 heterocycles. The van der Waals surface area contributed by atoms with Crippen molar-refractivity contribution >= 4 is 11.6 Å². The van der Waals surface area contributed by atoms with Gasteiger partial charge in [0.25, 0.3) is 0 Å². The number of nitrogens with zero attached hydrogens (tertiary/aromatic N) is 6. The highest BCUT2D eigenvalue weighted by Gasteiger charge is 2.21. The lowest BCUT2D eigenvalue weighted by molar-refractivity contribution is 0.212. The van der Waals surface area contributed by atoms with Crippen molar-refractivity contribution in [1.29, 1.82) is 0 Å². The fourth-order valence-electron chi connectivity index (χ4n) is 3.21. The highest BCUT2D eigenvalue weighted by atomic mass is 15.2. The minimum absolute atomic E-state index is 0.517. The van der Waals surface area contributed by atoms with Crippen molar-refractivity contribution in [3.8, 4) is 0 Å². The van der Waals surface area contributed by atoms with Gasteiger partial charge in [-0.15, -0.1) is 0 Å². The normalized spacial score (nSPS) is 18.6. The summed E-state index contributed by atoms with van der Waals surface area (Å²) < 4.78 is 0. The minimum atomic E-state index is 0.517. The van der Waals surface area contributed by atoms with E-state index in [1.807, 2.05) is 6.92 Å². The summed E-state index contributed by atoms with van der Waals surface area (Å²) in [5, 5.41) is 0. The van der Waals surface area contributed by atoms with E-state index in [0.717, 1.165) is 49.8 Å². The summed E-state index contributed by atoms with van der Waals surface area (Å²) in [5.41, 5.74) is 6.76. The van der Waals surface area contributed by atoms with E-state index in [2.05, 4.69) is 42.8 Å². The summed E-state index contributed by atoms with van der Waals surface area (Å²) in [6.07, 6.45) is 6.78. The third-order valence-electron chi connectivity index (χ3n) is 4.55. The van der Waals surface area contributed by atoms with Crippen LogP contribution in [0.15, 0.2) is 24.7 Å². The Morgan fingerprint density at radius 2 is 2.12 bits per heavy atom. The molecule has 0 amide bonds. The van der Waals surface area contributed by atoms with Crippen LogP contribution in [0.2, 0.25) is 0 Å². The molecule has 0 bridgehead atoms. The van der Waals surface area contributed by atoms with Gasteiger partial charge < -0.3 is 10.6 Å². The summed E-state index contributed by atoms with van der Waals surface area (Å²) in [7, 11) is 2.14. The van der Waals surface area contributed by atoms with Gasteiger partial charge in [0.1, 0.15) is 23.8 Å². The first-order chi connectivity index (χ1) is 11.6. The second kappa shape index (κ2) is 7.53. The van der Waals surface area contributed by atoms with Gasteiger partial charge in [0.15, 0.2) is 0 Å². The average Bonchev–Trinajstić information content (AvgIpc) is 2.81. The molecule has 2 aromatic rings. The predicted molar refractivity (Wildman–Crippen MR) is 94.5 cm³/mol. The minimum Gasteiger partial charge on any atom is -0.384 e. The number of hydrogen-bond acceptors (Lipinski definition) is 7. The predicted octanol–water partition coefficient (Wildman–Crippen LogP) is 1.65. The number of rotatable bonds is 4. The summed E-state index contributed by atoms with van der Waals surface area (Å²) in [5.74, 6) is 2.34. The Labute approximate surface area is 143 Å². The summed E-state index contributed by atoms with van der Waals surface area (Å²) in [6, 6.07) is 4.30. The number of aromatic nitrogens is 4. The SMILES string of the molecule is Cc1cc(N2CCCC(N(C)Cc3nccc(N)n3)CC2)ncn1. The molecule has 1 fully saturated rings. The Balaban J connectivity index is 1.60. The zero-order chi connectivity index (χ0) is 16.9. The second-order valence-electron chi connectivity index (χ2n) is 6.40. The van der Waals surface area contributed by atoms with Gasteiger partial charge in [0, 0.05) is 37.1 Å². The molecule has 0 aromatic carbocycles. The molecular weight excluding hydrogens is 302 g/mol. The van der Waals surface area contributed by atoms with Gasteiger partial charge in [0.05, 0.1) is 6.54 Å². The standard InChI is InChI=1S/C17H25N7/c1-13-10-17(21-12-20-13)24-8-3-4-14(6-9-24)23(2)11-16-19-7-5-15(18)22-16/h5,7,10,12,14H,3-4,6,8-9,11H2,1-2H3,(H2,18,19,22). The zero-order valence-corrected chi connectivity index (χ0v) is 14.4. The van der Waals surface area contributed by atoms with E-state index in [0.29, 0.717) is 11.9 Å². The van der Waals surface area contributed by atoms with E-state index < -0.39 is 0 Å². The summed E-state index contributed by atoms with van der Waals surface area (Å²) in [4.78, 5) is 21.9. The molecule has 24 heavy (non-hydrogen) atoms. The van der Waals surface area contributed by atoms with Crippen molar-refractivity contribution < 1.29 is 0 Å². The van der Waals surface area contributed by atoms with E-state index >= 15 is 0 Å². The van der Waals surface area contributed by atoms with Crippen LogP contribution in [0.5, 0.6) is 0 Å². The van der Waals surface area contributed by atoms with Crippen molar-refractivity contribution in [3.63, 3.8) is 0 Å². The molecule has 0 aliphatic carbocycles. The van der Waals surface area contributed by atoms with Crippen LogP contribution >= 0.6 is 0 Å². The van der Waals surface area contributed by atoms with Gasteiger partial charge >= 0.3 is 0 Å². The van der Waals surface area contributed by atoms with Crippen LogP contribution in [-0.2, 0) is 6.54 Å². The molecule has 1 unspecified atom stereocenters. The molecule has 2 aromatic heterocycles. The molecule has 0 spiro atoms. The van der Waals surface area contributed by atoms with Crippen molar-refractivity contribution in [1.82, 2.24) is 24.8 Å². The molecule has 2 N–H and O–H groups in total. The van der Waals surface area contributed by atoms with Crippen LogP contribution in [0, 0.1) is 6.92 Å². The third kappa shape index (κ3) is 4.17. The molecule has 7 nitrogen and oxygen atoms in total. The van der Waals surface area contributed by atoms with Crippen molar-refractivity contribution in [2.75, 3.05) is 30.8 Å². The lowest BCUT2D eigenvalue weighted by Gasteiger charge is -2.26. The molecule has 1 aliphatic rings. The number of hydrogen-bond donors (Lipinski definition) is 1. The van der Waals surface area contributed by atoms with Gasteiger partial charge in [-0.05, 0) is 39.3 Å². The molecule has 3 rings (SSSR count). The molecule has 0 radical (unpaired) electrons. The van der Waals surface area contributed by atoms with Crippen LogP contribution in [0.3, 0.4) is 0 Å². The Kier molecular flexibility index (Phi) is 5.20. The van der Waals surface area contributed by atoms with Crippen LogP contribution in [0.1, 0.15) is 30.8 Å². The molecule has 1 aliphatic heterocycles. The van der Waals surface area contributed by atoms with Gasteiger partial charge in [-0.2, -0.15) is 0 Å². The maximum Gasteiger partial charge on any atom is 0.144 e. The fourth-order valence-corrected chi connectivity index (χ4v) is 3.21. The van der Waals surface area contributed by atoms with E-state index in [1.165, 1.54) is 6.42 Å². The summed E-state index contributed by atoms with van der Waals surface area (Å²) >= 11 is 0. The molecule has 0 saturated carbocycles. The van der Waals surface area contributed by atoms with Gasteiger partial charge in [-0.25, -0.2) is 19.9 Å². The Bertz CT molecular complexity index is 675. The second-order valence-corrected chi connectivity index (χ2v) is 6.40. The Morgan fingerprint density at radius 1 is 1.25 bits per heavy atom. The van der Waals surface area contributed by atoms with Crippen LogP contribution < -0.4 is 10.6 Å². The quantitative estimate of drug-likeness (QED) is 0.914. The van der Waals surface area contributed by atoms with E-state index in [1.54, 1.807) is 18.6 Å². The number of nitrogens with two attached hydrogens (primary N) is 1. The topological polar surface area (TPSA) is 84.1 Å². The number of aryl methyl sites for hydroxylation is 1. The van der Waals surface area contributed by atoms with Crippen molar-refractivity contribution in [2.45, 2.75) is 38.8 Å². The fraction of sp³-hybridized carbons (Fsp3) is 0.529. The zero-order valence-electron chi connectivity index (χ0n) is 14.4. The number of nitrogen functional groups attached to an aromatic ring is 1. The molecule has 7 heteroatoms. The largest absolute Gasteiger partial charge is 0.384 e. The smallest absolute Gasteiger partial charge is 0.144 e. The lowest BCUT2D eigenvalue weighted by Crippen LogP contribution is -2.33. The van der Waals surface area contributed by atoms with E-state index in [9.17, 15) is 0 Å². The van der Waals surface area contributed by atoms with E-state index in [4.69, 9.17) is 5.73 Å². The van der Waals surface area contributed by atoms with Crippen molar-refractivity contribution in [3.05, 3.63) is 36.2 Å². The Hall–Kier alpha value is -2.28. The first kappa shape index (κ1) is 16.6. The van der Waals surface area contributed by atoms with E-state index in [-0.39, 0.29) is 0 Å². The third-order valence-corrected chi connectivity index (χ3v) is 4.55. The van der Waals surface area contributed by atoms with Crippen LogP contribution in [0.4, 0.5) is 11.6 Å². The Morgan fingerprint density at radius 3 is 2.92 bits per heavy atom. The summed E-state index contributed by atoms with van der Waals surface area (Å²) in [6.45, 7) is 4.77. The number of anilines is 2. The molecule has 1 atom stereocenters. The molecule has 1 saturated heterocycles. The van der Waals surface area contributed by atoms with Crippen molar-refractivity contribution in [2.24, 2.45) is 0 Å².